The summed E-state index contributed by atoms with van der Waals surface area (Å²) >= 11 is 13.1. The molecule has 0 radical (unpaired) electrons. The van der Waals surface area contributed by atoms with Crippen LogP contribution in [0.4, 0.5) is 5.82 Å². The Morgan fingerprint density at radius 3 is 2.81 bits per heavy atom. The van der Waals surface area contributed by atoms with Crippen LogP contribution in [-0.4, -0.2) is 11.4 Å². The molecule has 0 aliphatic carbocycles. The van der Waals surface area contributed by atoms with Gasteiger partial charge in [-0.25, -0.2) is 4.98 Å². The van der Waals surface area contributed by atoms with E-state index in [-0.39, 0.29) is 0 Å². The third-order valence-corrected chi connectivity index (χ3v) is 3.51. The van der Waals surface area contributed by atoms with Crippen LogP contribution in [0.1, 0.15) is 0 Å². The van der Waals surface area contributed by atoms with E-state index in [0.29, 0.717) is 22.3 Å². The molecule has 0 aliphatic rings. The Morgan fingerprint density at radius 1 is 1.31 bits per heavy atom. The molecule has 0 saturated carbocycles. The lowest BCUT2D eigenvalue weighted by atomic mass is 10.2. The van der Waals surface area contributed by atoms with E-state index < -0.39 is 0 Å². The van der Waals surface area contributed by atoms with Crippen LogP contribution < -0.4 is 5.32 Å². The molecule has 0 atom stereocenters. The smallest absolute Gasteiger partial charge is 0.212 e. The quantitative estimate of drug-likeness (QED) is 0.866. The molecule has 0 bridgehead atoms. The van der Waals surface area contributed by atoms with E-state index in [1.165, 1.54) is 11.3 Å². The van der Waals surface area contributed by atoms with Crippen LogP contribution in [-0.2, 0) is 4.79 Å². The number of carbonyl (C=O) groups excluding carboxylic acids is 1. The van der Waals surface area contributed by atoms with Crippen molar-refractivity contribution in [3.8, 4) is 10.6 Å². The zero-order valence-corrected chi connectivity index (χ0v) is 10.2. The Balaban J connectivity index is 2.34. The van der Waals surface area contributed by atoms with Gasteiger partial charge in [-0.15, -0.1) is 11.3 Å². The fourth-order valence-electron chi connectivity index (χ4n) is 1.16. The molecular weight excluding hydrogens is 267 g/mol. The second-order valence-corrected chi connectivity index (χ2v) is 4.60. The molecule has 1 aromatic carbocycles. The highest BCUT2D eigenvalue weighted by molar-refractivity contribution is 7.13. The molecule has 1 heterocycles. The van der Waals surface area contributed by atoms with Gasteiger partial charge in [0.15, 0.2) is 0 Å². The summed E-state index contributed by atoms with van der Waals surface area (Å²) in [6.45, 7) is 0. The molecule has 0 fully saturated rings. The third kappa shape index (κ3) is 2.35. The first kappa shape index (κ1) is 11.4. The van der Waals surface area contributed by atoms with Gasteiger partial charge in [-0.2, -0.15) is 0 Å². The number of nitrogens with zero attached hydrogens (tertiary/aromatic N) is 1. The lowest BCUT2D eigenvalue weighted by Crippen LogP contribution is -1.92. The summed E-state index contributed by atoms with van der Waals surface area (Å²) in [5.74, 6) is 0.529. The topological polar surface area (TPSA) is 42.0 Å². The van der Waals surface area contributed by atoms with Crippen molar-refractivity contribution in [1.82, 2.24) is 4.98 Å². The van der Waals surface area contributed by atoms with Gasteiger partial charge < -0.3 is 5.32 Å². The Labute approximate surface area is 106 Å². The largest absolute Gasteiger partial charge is 0.313 e. The first-order chi connectivity index (χ1) is 7.70. The molecule has 1 aromatic heterocycles. The molecule has 0 unspecified atom stereocenters. The van der Waals surface area contributed by atoms with Crippen LogP contribution in [0.15, 0.2) is 23.6 Å². The SMILES string of the molecule is O=CNc1csc(-c2ccc(Cl)c(Cl)c2)n1. The van der Waals surface area contributed by atoms with E-state index in [1.54, 1.807) is 17.5 Å². The fraction of sp³-hybridized carbons (Fsp3) is 0. The minimum atomic E-state index is 0.485. The minimum absolute atomic E-state index is 0.485. The normalized spacial score (nSPS) is 10.1. The van der Waals surface area contributed by atoms with Gasteiger partial charge in [-0.05, 0) is 12.1 Å². The number of amides is 1. The maximum Gasteiger partial charge on any atom is 0.212 e. The molecule has 16 heavy (non-hydrogen) atoms. The molecule has 2 aromatic rings. The van der Waals surface area contributed by atoms with Gasteiger partial charge in [0.1, 0.15) is 10.8 Å². The second-order valence-electron chi connectivity index (χ2n) is 2.93. The molecule has 2 rings (SSSR count). The number of nitrogens with one attached hydrogen (secondary N) is 1. The first-order valence-corrected chi connectivity index (χ1v) is 5.95. The Kier molecular flexibility index (Phi) is 3.43. The number of halogens is 2. The number of anilines is 1. The summed E-state index contributed by atoms with van der Waals surface area (Å²) in [6.07, 6.45) is 0.591. The molecule has 1 amide bonds. The molecular formula is C10H6Cl2N2OS. The summed E-state index contributed by atoms with van der Waals surface area (Å²) in [5, 5.41) is 6.01. The summed E-state index contributed by atoms with van der Waals surface area (Å²) < 4.78 is 0. The number of aromatic nitrogens is 1. The van der Waals surface area contributed by atoms with Gasteiger partial charge in [0.05, 0.1) is 10.0 Å². The zero-order chi connectivity index (χ0) is 11.5. The maximum atomic E-state index is 10.2. The highest BCUT2D eigenvalue weighted by Crippen LogP contribution is 2.31. The van der Waals surface area contributed by atoms with Gasteiger partial charge in [0, 0.05) is 10.9 Å². The number of carbonyl (C=O) groups is 1. The maximum absolute atomic E-state index is 10.2. The number of rotatable bonds is 3. The summed E-state index contributed by atoms with van der Waals surface area (Å²) in [4.78, 5) is 14.4. The number of benzene rings is 1. The number of hydrogen-bond donors (Lipinski definition) is 1. The molecule has 6 heteroatoms. The van der Waals surface area contributed by atoms with Crippen LogP contribution in [0.2, 0.25) is 10.0 Å². The van der Waals surface area contributed by atoms with Gasteiger partial charge in [-0.3, -0.25) is 4.79 Å². The summed E-state index contributed by atoms with van der Waals surface area (Å²) in [5.41, 5.74) is 0.873. The molecule has 3 nitrogen and oxygen atoms in total. The van der Waals surface area contributed by atoms with Gasteiger partial charge in [-0.1, -0.05) is 29.3 Å². The van der Waals surface area contributed by atoms with Crippen molar-refractivity contribution < 1.29 is 4.79 Å². The van der Waals surface area contributed by atoms with E-state index >= 15 is 0 Å². The fourth-order valence-corrected chi connectivity index (χ4v) is 2.22. The molecule has 0 spiro atoms. The van der Waals surface area contributed by atoms with Crippen molar-refractivity contribution in [2.24, 2.45) is 0 Å². The van der Waals surface area contributed by atoms with E-state index in [4.69, 9.17) is 23.2 Å². The second kappa shape index (κ2) is 4.82. The Hall–Kier alpha value is -1.10. The van der Waals surface area contributed by atoms with Crippen molar-refractivity contribution in [2.45, 2.75) is 0 Å². The van der Waals surface area contributed by atoms with E-state index in [0.717, 1.165) is 10.6 Å². The molecule has 0 aliphatic heterocycles. The van der Waals surface area contributed by atoms with Crippen LogP contribution >= 0.6 is 34.5 Å². The van der Waals surface area contributed by atoms with Crippen LogP contribution in [0.25, 0.3) is 10.6 Å². The number of thiazole rings is 1. The van der Waals surface area contributed by atoms with Crippen molar-refractivity contribution >= 4 is 46.8 Å². The highest BCUT2D eigenvalue weighted by Gasteiger charge is 2.06. The molecule has 1 N–H and O–H groups in total. The summed E-state index contributed by atoms with van der Waals surface area (Å²) in [6, 6.07) is 5.29. The average Bonchev–Trinajstić information content (AvgIpc) is 2.71. The van der Waals surface area contributed by atoms with E-state index in [1.807, 2.05) is 6.07 Å². The minimum Gasteiger partial charge on any atom is -0.313 e. The molecule has 0 saturated heterocycles. The van der Waals surface area contributed by atoms with Crippen LogP contribution in [0.3, 0.4) is 0 Å². The Bertz CT molecular complexity index is 527. The Morgan fingerprint density at radius 2 is 2.12 bits per heavy atom. The molecule has 82 valence electrons. The summed E-state index contributed by atoms with van der Waals surface area (Å²) in [7, 11) is 0. The monoisotopic (exact) mass is 272 g/mol. The highest BCUT2D eigenvalue weighted by atomic mass is 35.5. The predicted molar refractivity (Wildman–Crippen MR) is 67.3 cm³/mol. The standard InChI is InChI=1S/C10H6Cl2N2OS/c11-7-2-1-6(3-8(7)12)10-14-9(4-16-10)13-5-15/h1-5H,(H,13,15). The average molecular weight is 273 g/mol. The van der Waals surface area contributed by atoms with Gasteiger partial charge in [0.25, 0.3) is 0 Å². The van der Waals surface area contributed by atoms with Crippen molar-refractivity contribution in [2.75, 3.05) is 5.32 Å². The predicted octanol–water partition coefficient (Wildman–Crippen LogP) is 3.69. The van der Waals surface area contributed by atoms with E-state index in [9.17, 15) is 4.79 Å². The lowest BCUT2D eigenvalue weighted by molar-refractivity contribution is -0.105. The first-order valence-electron chi connectivity index (χ1n) is 4.32. The zero-order valence-electron chi connectivity index (χ0n) is 7.91. The van der Waals surface area contributed by atoms with Crippen molar-refractivity contribution in [3.05, 3.63) is 33.6 Å². The number of hydrogen-bond acceptors (Lipinski definition) is 3. The van der Waals surface area contributed by atoms with Crippen molar-refractivity contribution in [1.29, 1.82) is 0 Å². The third-order valence-electron chi connectivity index (χ3n) is 1.88. The van der Waals surface area contributed by atoms with Crippen LogP contribution in [0, 0.1) is 0 Å². The van der Waals surface area contributed by atoms with Gasteiger partial charge >= 0.3 is 0 Å². The van der Waals surface area contributed by atoms with Gasteiger partial charge in [0.2, 0.25) is 6.41 Å². The van der Waals surface area contributed by atoms with E-state index in [2.05, 4.69) is 10.3 Å². The lowest BCUT2D eigenvalue weighted by Gasteiger charge is -1.98. The van der Waals surface area contributed by atoms with Crippen LogP contribution in [0.5, 0.6) is 0 Å². The van der Waals surface area contributed by atoms with Crippen molar-refractivity contribution in [3.63, 3.8) is 0 Å².